The number of carbonyl (C=O) groups excluding carboxylic acids is 1. The number of aromatic nitrogens is 2. The lowest BCUT2D eigenvalue weighted by Crippen LogP contribution is -2.12. The van der Waals surface area contributed by atoms with Gasteiger partial charge in [0.15, 0.2) is 0 Å². The zero-order valence-electron chi connectivity index (χ0n) is 11.2. The molecule has 0 saturated carbocycles. The lowest BCUT2D eigenvalue weighted by molar-refractivity contribution is 0.102. The molecule has 21 heavy (non-hydrogen) atoms. The minimum absolute atomic E-state index is 0.199. The monoisotopic (exact) mass is 275 g/mol. The minimum atomic E-state index is -0.199. The van der Waals surface area contributed by atoms with Crippen molar-refractivity contribution in [2.45, 2.75) is 0 Å². The fraction of sp³-hybridized carbons (Fsp3) is 0. The average molecular weight is 275 g/mol. The van der Waals surface area contributed by atoms with Crippen LogP contribution in [0.1, 0.15) is 10.4 Å². The van der Waals surface area contributed by atoms with Crippen LogP contribution in [-0.4, -0.2) is 15.9 Å². The summed E-state index contributed by atoms with van der Waals surface area (Å²) in [6.07, 6.45) is 3.17. The Morgan fingerprint density at radius 2 is 1.62 bits per heavy atom. The van der Waals surface area contributed by atoms with Crippen molar-refractivity contribution in [3.8, 4) is 11.3 Å². The molecule has 2 aromatic heterocycles. The van der Waals surface area contributed by atoms with Crippen LogP contribution >= 0.6 is 0 Å². The first-order chi connectivity index (χ1) is 10.3. The molecule has 3 aromatic rings. The van der Waals surface area contributed by atoms with Gasteiger partial charge in [-0.15, -0.1) is 0 Å². The van der Waals surface area contributed by atoms with Crippen LogP contribution in [0, 0.1) is 0 Å². The summed E-state index contributed by atoms with van der Waals surface area (Å²) >= 11 is 0. The Bertz CT molecular complexity index is 742. The topological polar surface area (TPSA) is 54.9 Å². The molecule has 0 atom stereocenters. The minimum Gasteiger partial charge on any atom is -0.307 e. The number of nitrogens with zero attached hydrogens (tertiary/aromatic N) is 2. The van der Waals surface area contributed by atoms with Crippen molar-refractivity contribution >= 4 is 11.7 Å². The highest BCUT2D eigenvalue weighted by molar-refractivity contribution is 6.03. The Labute approximate surface area is 122 Å². The lowest BCUT2D eigenvalue weighted by atomic mass is 10.1. The number of anilines is 1. The number of carbonyl (C=O) groups is 1. The van der Waals surface area contributed by atoms with Crippen LogP contribution in [0.25, 0.3) is 11.3 Å². The van der Waals surface area contributed by atoms with Crippen LogP contribution in [0.4, 0.5) is 5.82 Å². The Balaban J connectivity index is 1.83. The van der Waals surface area contributed by atoms with Gasteiger partial charge in [0.25, 0.3) is 5.91 Å². The van der Waals surface area contributed by atoms with Crippen LogP contribution in [0.5, 0.6) is 0 Å². The van der Waals surface area contributed by atoms with Gasteiger partial charge in [-0.3, -0.25) is 9.78 Å². The van der Waals surface area contributed by atoms with Crippen LogP contribution in [0.2, 0.25) is 0 Å². The Morgan fingerprint density at radius 1 is 0.857 bits per heavy atom. The molecule has 0 unspecified atom stereocenters. The van der Waals surface area contributed by atoms with E-state index in [1.165, 1.54) is 0 Å². The maximum absolute atomic E-state index is 12.1. The standard InChI is InChI=1S/C17H13N3O/c21-17(14-9-11-18-12-10-14)20-16-8-4-7-15(19-16)13-5-2-1-3-6-13/h1-12H,(H,19,20,21). The van der Waals surface area contributed by atoms with Crippen LogP contribution in [0.3, 0.4) is 0 Å². The fourth-order valence-electron chi connectivity index (χ4n) is 1.97. The molecule has 1 amide bonds. The smallest absolute Gasteiger partial charge is 0.256 e. The van der Waals surface area contributed by atoms with Gasteiger partial charge < -0.3 is 5.32 Å². The second kappa shape index (κ2) is 5.96. The van der Waals surface area contributed by atoms with E-state index in [9.17, 15) is 4.79 Å². The van der Waals surface area contributed by atoms with Gasteiger partial charge in [-0.2, -0.15) is 0 Å². The van der Waals surface area contributed by atoms with Crippen molar-refractivity contribution in [2.24, 2.45) is 0 Å². The molecule has 0 aliphatic carbocycles. The quantitative estimate of drug-likeness (QED) is 0.797. The molecule has 0 saturated heterocycles. The Hall–Kier alpha value is -3.01. The van der Waals surface area contributed by atoms with Crippen LogP contribution in [-0.2, 0) is 0 Å². The van der Waals surface area contributed by atoms with E-state index in [-0.39, 0.29) is 5.91 Å². The molecule has 0 fully saturated rings. The van der Waals surface area contributed by atoms with E-state index in [1.807, 2.05) is 42.5 Å². The summed E-state index contributed by atoms with van der Waals surface area (Å²) in [5.74, 6) is 0.327. The number of nitrogens with one attached hydrogen (secondary N) is 1. The van der Waals surface area contributed by atoms with Crippen molar-refractivity contribution in [3.63, 3.8) is 0 Å². The molecule has 1 aromatic carbocycles. The molecule has 4 heteroatoms. The van der Waals surface area contributed by atoms with Gasteiger partial charge in [-0.05, 0) is 24.3 Å². The third-order valence-electron chi connectivity index (χ3n) is 3.00. The second-order valence-corrected chi connectivity index (χ2v) is 4.46. The zero-order chi connectivity index (χ0) is 14.5. The van der Waals surface area contributed by atoms with Crippen LogP contribution in [0.15, 0.2) is 73.1 Å². The predicted molar refractivity (Wildman–Crippen MR) is 81.9 cm³/mol. The van der Waals surface area contributed by atoms with E-state index < -0.39 is 0 Å². The molecule has 0 bridgehead atoms. The summed E-state index contributed by atoms with van der Waals surface area (Å²) in [7, 11) is 0. The maximum atomic E-state index is 12.1. The second-order valence-electron chi connectivity index (χ2n) is 4.46. The summed E-state index contributed by atoms with van der Waals surface area (Å²) in [6, 6.07) is 18.7. The van der Waals surface area contributed by atoms with E-state index in [0.29, 0.717) is 11.4 Å². The number of amides is 1. The molecule has 2 heterocycles. The summed E-state index contributed by atoms with van der Waals surface area (Å²) in [6.45, 7) is 0. The van der Waals surface area contributed by atoms with E-state index in [4.69, 9.17) is 0 Å². The van der Waals surface area contributed by atoms with Crippen molar-refractivity contribution in [1.29, 1.82) is 0 Å². The van der Waals surface area contributed by atoms with Gasteiger partial charge in [0.2, 0.25) is 0 Å². The summed E-state index contributed by atoms with van der Waals surface area (Å²) in [4.78, 5) is 20.4. The summed E-state index contributed by atoms with van der Waals surface area (Å²) in [5.41, 5.74) is 2.39. The average Bonchev–Trinajstić information content (AvgIpc) is 2.57. The van der Waals surface area contributed by atoms with Gasteiger partial charge in [-0.25, -0.2) is 4.98 Å². The number of hydrogen-bond donors (Lipinski definition) is 1. The maximum Gasteiger partial charge on any atom is 0.256 e. The van der Waals surface area contributed by atoms with Crippen molar-refractivity contribution in [3.05, 3.63) is 78.6 Å². The van der Waals surface area contributed by atoms with Crippen molar-refractivity contribution in [2.75, 3.05) is 5.32 Å². The number of pyridine rings is 2. The Morgan fingerprint density at radius 3 is 2.38 bits per heavy atom. The largest absolute Gasteiger partial charge is 0.307 e. The first kappa shape index (κ1) is 13.0. The van der Waals surface area contributed by atoms with Gasteiger partial charge in [-0.1, -0.05) is 36.4 Å². The predicted octanol–water partition coefficient (Wildman–Crippen LogP) is 3.40. The number of benzene rings is 1. The van der Waals surface area contributed by atoms with E-state index in [0.717, 1.165) is 11.3 Å². The normalized spacial score (nSPS) is 10.1. The third kappa shape index (κ3) is 3.12. The highest BCUT2D eigenvalue weighted by Gasteiger charge is 2.07. The summed E-state index contributed by atoms with van der Waals surface area (Å²) < 4.78 is 0. The molecule has 0 aliphatic rings. The zero-order valence-corrected chi connectivity index (χ0v) is 11.2. The van der Waals surface area contributed by atoms with Crippen LogP contribution < -0.4 is 5.32 Å². The highest BCUT2D eigenvalue weighted by Crippen LogP contribution is 2.18. The first-order valence-electron chi connectivity index (χ1n) is 6.57. The van der Waals surface area contributed by atoms with E-state index >= 15 is 0 Å². The van der Waals surface area contributed by atoms with E-state index in [2.05, 4.69) is 15.3 Å². The molecule has 3 rings (SSSR count). The first-order valence-corrected chi connectivity index (χ1v) is 6.57. The summed E-state index contributed by atoms with van der Waals surface area (Å²) in [5, 5.41) is 2.79. The highest BCUT2D eigenvalue weighted by atomic mass is 16.1. The van der Waals surface area contributed by atoms with Crippen molar-refractivity contribution in [1.82, 2.24) is 9.97 Å². The van der Waals surface area contributed by atoms with Gasteiger partial charge in [0.1, 0.15) is 5.82 Å². The molecular weight excluding hydrogens is 262 g/mol. The molecule has 4 nitrogen and oxygen atoms in total. The lowest BCUT2D eigenvalue weighted by Gasteiger charge is -2.06. The number of hydrogen-bond acceptors (Lipinski definition) is 3. The molecule has 0 spiro atoms. The molecule has 0 aliphatic heterocycles. The number of rotatable bonds is 3. The molecule has 102 valence electrons. The molecule has 1 N–H and O–H groups in total. The molecule has 0 radical (unpaired) electrons. The Kier molecular flexibility index (Phi) is 3.69. The van der Waals surface area contributed by atoms with Crippen molar-refractivity contribution < 1.29 is 4.79 Å². The molecular formula is C17H13N3O. The third-order valence-corrected chi connectivity index (χ3v) is 3.00. The van der Waals surface area contributed by atoms with Gasteiger partial charge in [0, 0.05) is 23.5 Å². The van der Waals surface area contributed by atoms with Gasteiger partial charge in [0.05, 0.1) is 5.69 Å². The fourth-order valence-corrected chi connectivity index (χ4v) is 1.97. The van der Waals surface area contributed by atoms with E-state index in [1.54, 1.807) is 30.6 Å². The van der Waals surface area contributed by atoms with Gasteiger partial charge >= 0.3 is 0 Å². The SMILES string of the molecule is O=C(Nc1cccc(-c2ccccc2)n1)c1ccncc1.